The standard InChI is InChI=1S/C13H12F2N2O2S/c14-12(15)19-10-5-3-9(4-6-10)17-13(18)16-8-11-2-1-7-20-11/h1-7,12H,8H2,(H2,16,17,18). The highest BCUT2D eigenvalue weighted by molar-refractivity contribution is 7.09. The molecule has 2 rings (SSSR count). The van der Waals surface area contributed by atoms with Gasteiger partial charge >= 0.3 is 12.6 Å². The van der Waals surface area contributed by atoms with Crippen molar-refractivity contribution in [2.75, 3.05) is 5.32 Å². The van der Waals surface area contributed by atoms with Crippen molar-refractivity contribution >= 4 is 23.1 Å². The summed E-state index contributed by atoms with van der Waals surface area (Å²) in [6.45, 7) is -2.42. The third-order valence-electron chi connectivity index (χ3n) is 2.34. The molecule has 0 atom stereocenters. The van der Waals surface area contributed by atoms with Gasteiger partial charge in [-0.25, -0.2) is 4.79 Å². The Bertz CT molecular complexity index is 544. The van der Waals surface area contributed by atoms with Crippen LogP contribution in [0.2, 0.25) is 0 Å². The van der Waals surface area contributed by atoms with Crippen molar-refractivity contribution in [2.45, 2.75) is 13.2 Å². The van der Waals surface area contributed by atoms with Gasteiger partial charge in [-0.1, -0.05) is 6.07 Å². The first-order chi connectivity index (χ1) is 9.63. The topological polar surface area (TPSA) is 50.4 Å². The summed E-state index contributed by atoms with van der Waals surface area (Å²) in [5.74, 6) is 0.0459. The summed E-state index contributed by atoms with van der Waals surface area (Å²) in [6.07, 6.45) is 0. The Hall–Kier alpha value is -2.15. The molecule has 0 aliphatic carbocycles. The molecule has 106 valence electrons. The Morgan fingerprint density at radius 1 is 1.25 bits per heavy atom. The van der Waals surface area contributed by atoms with Crippen molar-refractivity contribution in [1.82, 2.24) is 5.32 Å². The van der Waals surface area contributed by atoms with E-state index in [-0.39, 0.29) is 11.8 Å². The van der Waals surface area contributed by atoms with Crippen LogP contribution in [0, 0.1) is 0 Å². The maximum atomic E-state index is 12.0. The van der Waals surface area contributed by atoms with Gasteiger partial charge in [-0.2, -0.15) is 8.78 Å². The molecular weight excluding hydrogens is 286 g/mol. The Kier molecular flexibility index (Phi) is 4.89. The lowest BCUT2D eigenvalue weighted by Crippen LogP contribution is -2.27. The van der Waals surface area contributed by atoms with Crippen molar-refractivity contribution < 1.29 is 18.3 Å². The SMILES string of the molecule is O=C(NCc1cccs1)Nc1ccc(OC(F)F)cc1. The molecule has 1 heterocycles. The van der Waals surface area contributed by atoms with E-state index in [1.165, 1.54) is 24.3 Å². The molecule has 0 radical (unpaired) electrons. The number of carbonyl (C=O) groups is 1. The fraction of sp³-hybridized carbons (Fsp3) is 0.154. The zero-order valence-electron chi connectivity index (χ0n) is 10.3. The second kappa shape index (κ2) is 6.85. The van der Waals surface area contributed by atoms with Gasteiger partial charge in [0.15, 0.2) is 0 Å². The minimum Gasteiger partial charge on any atom is -0.435 e. The number of carbonyl (C=O) groups excluding carboxylic acids is 1. The van der Waals surface area contributed by atoms with E-state index in [1.807, 2.05) is 17.5 Å². The molecule has 0 aliphatic rings. The molecule has 0 fully saturated rings. The number of ether oxygens (including phenoxy) is 1. The van der Waals surface area contributed by atoms with E-state index in [2.05, 4.69) is 15.4 Å². The van der Waals surface area contributed by atoms with Crippen LogP contribution in [-0.4, -0.2) is 12.6 Å². The molecular formula is C13H12F2N2O2S. The quantitative estimate of drug-likeness (QED) is 0.885. The van der Waals surface area contributed by atoms with Crippen molar-refractivity contribution in [2.24, 2.45) is 0 Å². The molecule has 0 aliphatic heterocycles. The van der Waals surface area contributed by atoms with Gasteiger partial charge in [0.25, 0.3) is 0 Å². The molecule has 1 aromatic heterocycles. The smallest absolute Gasteiger partial charge is 0.387 e. The van der Waals surface area contributed by atoms with Crippen molar-refractivity contribution in [3.63, 3.8) is 0 Å². The highest BCUT2D eigenvalue weighted by Gasteiger charge is 2.05. The molecule has 7 heteroatoms. The second-order valence-corrected chi connectivity index (χ2v) is 4.82. The number of nitrogens with one attached hydrogen (secondary N) is 2. The van der Waals surface area contributed by atoms with Crippen LogP contribution in [0.3, 0.4) is 0 Å². The van der Waals surface area contributed by atoms with Crippen LogP contribution in [0.1, 0.15) is 4.88 Å². The zero-order valence-corrected chi connectivity index (χ0v) is 11.1. The average Bonchev–Trinajstić information content (AvgIpc) is 2.91. The van der Waals surface area contributed by atoms with Gasteiger partial charge in [-0.05, 0) is 35.7 Å². The Morgan fingerprint density at radius 2 is 2.00 bits per heavy atom. The number of hydrogen-bond acceptors (Lipinski definition) is 3. The van der Waals surface area contributed by atoms with E-state index < -0.39 is 6.61 Å². The maximum absolute atomic E-state index is 12.0. The summed E-state index contributed by atoms with van der Waals surface area (Å²) in [4.78, 5) is 12.6. The molecule has 20 heavy (non-hydrogen) atoms. The van der Waals surface area contributed by atoms with E-state index >= 15 is 0 Å². The maximum Gasteiger partial charge on any atom is 0.387 e. The highest BCUT2D eigenvalue weighted by atomic mass is 32.1. The van der Waals surface area contributed by atoms with Gasteiger partial charge in [-0.15, -0.1) is 11.3 Å². The van der Waals surface area contributed by atoms with E-state index in [4.69, 9.17) is 0 Å². The number of benzene rings is 1. The molecule has 4 nitrogen and oxygen atoms in total. The fourth-order valence-electron chi connectivity index (χ4n) is 1.48. The summed E-state index contributed by atoms with van der Waals surface area (Å²) in [5, 5.41) is 7.21. The summed E-state index contributed by atoms with van der Waals surface area (Å²) in [6, 6.07) is 9.16. The molecule has 0 saturated heterocycles. The number of thiophene rings is 1. The van der Waals surface area contributed by atoms with E-state index in [9.17, 15) is 13.6 Å². The van der Waals surface area contributed by atoms with Crippen LogP contribution in [0.25, 0.3) is 0 Å². The first-order valence-electron chi connectivity index (χ1n) is 5.75. The number of alkyl halides is 2. The summed E-state index contributed by atoms with van der Waals surface area (Å²) < 4.78 is 28.1. The Balaban J connectivity index is 1.81. The number of urea groups is 1. The normalized spacial score (nSPS) is 10.3. The van der Waals surface area contributed by atoms with E-state index in [0.717, 1.165) is 4.88 Å². The predicted molar refractivity (Wildman–Crippen MR) is 73.3 cm³/mol. The fourth-order valence-corrected chi connectivity index (χ4v) is 2.12. The predicted octanol–water partition coefficient (Wildman–Crippen LogP) is 3.67. The highest BCUT2D eigenvalue weighted by Crippen LogP contribution is 2.17. The number of rotatable bonds is 5. The summed E-state index contributed by atoms with van der Waals surface area (Å²) >= 11 is 1.55. The molecule has 0 unspecified atom stereocenters. The van der Waals surface area contributed by atoms with Crippen LogP contribution < -0.4 is 15.4 Å². The summed E-state index contributed by atoms with van der Waals surface area (Å²) in [5.41, 5.74) is 0.496. The van der Waals surface area contributed by atoms with Crippen LogP contribution in [0.5, 0.6) is 5.75 Å². The van der Waals surface area contributed by atoms with Gasteiger partial charge in [0.05, 0.1) is 6.54 Å². The number of amides is 2. The van der Waals surface area contributed by atoms with Gasteiger partial charge in [0, 0.05) is 10.6 Å². The minimum absolute atomic E-state index is 0.0459. The van der Waals surface area contributed by atoms with E-state index in [1.54, 1.807) is 11.3 Å². The molecule has 0 bridgehead atoms. The number of halogens is 2. The van der Waals surface area contributed by atoms with Crippen LogP contribution in [0.4, 0.5) is 19.3 Å². The molecule has 2 aromatic rings. The van der Waals surface area contributed by atoms with Gasteiger partial charge in [0.2, 0.25) is 0 Å². The van der Waals surface area contributed by atoms with E-state index in [0.29, 0.717) is 12.2 Å². The molecule has 1 aromatic carbocycles. The zero-order chi connectivity index (χ0) is 14.4. The van der Waals surface area contributed by atoms with Crippen molar-refractivity contribution in [1.29, 1.82) is 0 Å². The largest absolute Gasteiger partial charge is 0.435 e. The molecule has 2 amide bonds. The first-order valence-corrected chi connectivity index (χ1v) is 6.63. The molecule has 0 saturated carbocycles. The lowest BCUT2D eigenvalue weighted by atomic mass is 10.3. The molecule has 2 N–H and O–H groups in total. The monoisotopic (exact) mass is 298 g/mol. The van der Waals surface area contributed by atoms with Gasteiger partial charge < -0.3 is 15.4 Å². The van der Waals surface area contributed by atoms with Gasteiger partial charge in [0.1, 0.15) is 5.75 Å². The van der Waals surface area contributed by atoms with Crippen LogP contribution >= 0.6 is 11.3 Å². The number of anilines is 1. The number of hydrogen-bond donors (Lipinski definition) is 2. The average molecular weight is 298 g/mol. The Labute approximate surface area is 118 Å². The third kappa shape index (κ3) is 4.51. The van der Waals surface area contributed by atoms with Crippen molar-refractivity contribution in [3.05, 3.63) is 46.7 Å². The van der Waals surface area contributed by atoms with Gasteiger partial charge in [-0.3, -0.25) is 0 Å². The van der Waals surface area contributed by atoms with Crippen LogP contribution in [0.15, 0.2) is 41.8 Å². The van der Waals surface area contributed by atoms with Crippen molar-refractivity contribution in [3.8, 4) is 5.75 Å². The minimum atomic E-state index is -2.86. The Morgan fingerprint density at radius 3 is 2.60 bits per heavy atom. The first kappa shape index (κ1) is 14.3. The third-order valence-corrected chi connectivity index (χ3v) is 3.22. The lowest BCUT2D eigenvalue weighted by Gasteiger charge is -2.08. The molecule has 0 spiro atoms. The second-order valence-electron chi connectivity index (χ2n) is 3.79. The van der Waals surface area contributed by atoms with Crippen LogP contribution in [-0.2, 0) is 6.54 Å². The lowest BCUT2D eigenvalue weighted by molar-refractivity contribution is -0.0498. The summed E-state index contributed by atoms with van der Waals surface area (Å²) in [7, 11) is 0.